The van der Waals surface area contributed by atoms with Crippen LogP contribution in [0.4, 0.5) is 16.3 Å². The number of amides is 2. The van der Waals surface area contributed by atoms with Crippen LogP contribution in [0.15, 0.2) is 35.3 Å². The Bertz CT molecular complexity index is 1600. The Morgan fingerprint density at radius 3 is 2.58 bits per heavy atom. The summed E-state index contributed by atoms with van der Waals surface area (Å²) in [7, 11) is 0. The number of pyridine rings is 1. The topological polar surface area (TPSA) is 133 Å². The number of hydrogen-bond donors (Lipinski definition) is 3. The molecule has 2 aliphatic heterocycles. The molecule has 2 atom stereocenters. The summed E-state index contributed by atoms with van der Waals surface area (Å²) in [6.45, 7) is 16.1. The lowest BCUT2D eigenvalue weighted by Gasteiger charge is -2.50. The molecule has 3 aromatic rings. The second kappa shape index (κ2) is 11.0. The van der Waals surface area contributed by atoms with E-state index in [9.17, 15) is 19.5 Å². The van der Waals surface area contributed by atoms with Crippen LogP contribution < -0.4 is 10.9 Å². The van der Waals surface area contributed by atoms with E-state index in [0.717, 1.165) is 12.0 Å². The van der Waals surface area contributed by atoms with Crippen LogP contribution in [0.2, 0.25) is 0 Å². The third-order valence-electron chi connectivity index (χ3n) is 9.33. The number of aromatic amines is 1. The van der Waals surface area contributed by atoms with E-state index in [1.807, 2.05) is 54.6 Å². The number of benzene rings is 1. The molecule has 0 saturated carbocycles. The first-order valence-electron chi connectivity index (χ1n) is 15.1. The van der Waals surface area contributed by atoms with Gasteiger partial charge in [0.15, 0.2) is 5.82 Å². The number of nitrogens with zero attached hydrogens (tertiary/aromatic N) is 4. The van der Waals surface area contributed by atoms with Gasteiger partial charge in [-0.25, -0.2) is 4.79 Å². The molecule has 43 heavy (non-hydrogen) atoms. The van der Waals surface area contributed by atoms with Crippen molar-refractivity contribution in [2.45, 2.75) is 84.8 Å². The average Bonchev–Trinajstić information content (AvgIpc) is 3.31. The van der Waals surface area contributed by atoms with Gasteiger partial charge < -0.3 is 29.9 Å². The fourth-order valence-corrected chi connectivity index (χ4v) is 6.75. The number of fused-ring (bicyclic) bond motifs is 1. The quantitative estimate of drug-likeness (QED) is 0.365. The molecule has 11 heteroatoms. The molecular weight excluding hydrogens is 548 g/mol. The highest BCUT2D eigenvalue weighted by Gasteiger charge is 2.47. The van der Waals surface area contributed by atoms with E-state index >= 15 is 0 Å². The summed E-state index contributed by atoms with van der Waals surface area (Å²) >= 11 is 0. The van der Waals surface area contributed by atoms with Crippen LogP contribution in [0, 0.1) is 12.3 Å². The number of likely N-dealkylation sites (tertiary alicyclic amines) is 1. The summed E-state index contributed by atoms with van der Waals surface area (Å²) in [6.07, 6.45) is 2.60. The van der Waals surface area contributed by atoms with Crippen LogP contribution in [-0.2, 0) is 10.3 Å². The summed E-state index contributed by atoms with van der Waals surface area (Å²) < 4.78 is 7.54. The predicted octanol–water partition coefficient (Wildman–Crippen LogP) is 5.32. The van der Waals surface area contributed by atoms with Gasteiger partial charge in [-0.15, -0.1) is 0 Å². The fraction of sp³-hybridized carbons (Fsp3) is 0.562. The first-order chi connectivity index (χ1) is 20.2. The van der Waals surface area contributed by atoms with Gasteiger partial charge in [0.2, 0.25) is 0 Å². The van der Waals surface area contributed by atoms with Crippen molar-refractivity contribution in [1.29, 1.82) is 0 Å². The van der Waals surface area contributed by atoms with Gasteiger partial charge in [0, 0.05) is 36.6 Å². The number of aromatic nitrogens is 3. The molecule has 3 N–H and O–H groups in total. The Morgan fingerprint density at radius 2 is 1.95 bits per heavy atom. The number of aryl methyl sites for hydroxylation is 1. The van der Waals surface area contributed by atoms with Crippen LogP contribution in [-0.4, -0.2) is 79.6 Å². The minimum Gasteiger partial charge on any atom is -0.465 e. The maximum Gasteiger partial charge on any atom is 0.407 e. The predicted molar refractivity (Wildman–Crippen MR) is 166 cm³/mol. The van der Waals surface area contributed by atoms with Gasteiger partial charge >= 0.3 is 6.09 Å². The Kier molecular flexibility index (Phi) is 7.83. The molecule has 232 valence electrons. The van der Waals surface area contributed by atoms with Crippen molar-refractivity contribution >= 4 is 34.4 Å². The van der Waals surface area contributed by atoms with Crippen molar-refractivity contribution in [3.05, 3.63) is 51.9 Å². The minimum atomic E-state index is -0.914. The van der Waals surface area contributed by atoms with Crippen LogP contribution in [0.5, 0.6) is 0 Å². The van der Waals surface area contributed by atoms with Crippen molar-refractivity contribution in [3.63, 3.8) is 0 Å². The van der Waals surface area contributed by atoms with Gasteiger partial charge in [-0.2, -0.15) is 5.10 Å². The van der Waals surface area contributed by atoms with E-state index in [0.29, 0.717) is 67.1 Å². The van der Waals surface area contributed by atoms with Gasteiger partial charge in [0.05, 0.1) is 29.8 Å². The number of hydrogen-bond acceptors (Lipinski definition) is 6. The smallest absolute Gasteiger partial charge is 0.407 e. The second-order valence-corrected chi connectivity index (χ2v) is 13.7. The number of morpholine rings is 1. The third-order valence-corrected chi connectivity index (χ3v) is 9.33. The van der Waals surface area contributed by atoms with Crippen molar-refractivity contribution in [2.75, 3.05) is 31.6 Å². The molecule has 0 spiro atoms. The van der Waals surface area contributed by atoms with E-state index in [2.05, 4.69) is 38.0 Å². The van der Waals surface area contributed by atoms with Gasteiger partial charge in [-0.05, 0) is 75.3 Å². The van der Waals surface area contributed by atoms with Gasteiger partial charge in [-0.3, -0.25) is 14.3 Å². The zero-order valence-electron chi connectivity index (χ0n) is 26.3. The number of carbonyl (C=O) groups is 2. The van der Waals surface area contributed by atoms with Crippen molar-refractivity contribution < 1.29 is 19.4 Å². The molecule has 2 fully saturated rings. The molecule has 2 aromatic heterocycles. The van der Waals surface area contributed by atoms with E-state index in [1.54, 1.807) is 11.1 Å². The number of rotatable bonds is 5. The number of carbonyl (C=O) groups excluding carboxylic acids is 1. The SMILES string of the molecule is CCC1(n2nc(Nc3ccc(C(=O)N4CCOCC4(C)C)c(C)c3)c3c(=O)[nH]ccc32)CCN(C(=O)O)C(C(C)(C)C)C1. The molecule has 2 unspecified atom stereocenters. The zero-order chi connectivity index (χ0) is 31.3. The summed E-state index contributed by atoms with van der Waals surface area (Å²) in [5.41, 5.74) is 1.43. The molecular formula is C32H44N6O5. The molecule has 5 rings (SSSR count). The van der Waals surface area contributed by atoms with Crippen LogP contribution in [0.25, 0.3) is 10.9 Å². The third kappa shape index (κ3) is 5.50. The molecule has 1 aromatic carbocycles. The maximum absolute atomic E-state index is 13.5. The Balaban J connectivity index is 1.51. The lowest BCUT2D eigenvalue weighted by atomic mass is 9.72. The molecule has 2 saturated heterocycles. The Labute approximate surface area is 252 Å². The lowest BCUT2D eigenvalue weighted by molar-refractivity contribution is -0.0371. The monoisotopic (exact) mass is 592 g/mol. The van der Waals surface area contributed by atoms with Crippen LogP contribution >= 0.6 is 0 Å². The van der Waals surface area contributed by atoms with Gasteiger partial charge in [0.1, 0.15) is 5.39 Å². The van der Waals surface area contributed by atoms with E-state index in [1.165, 1.54) is 0 Å². The van der Waals surface area contributed by atoms with E-state index in [-0.39, 0.29) is 22.9 Å². The van der Waals surface area contributed by atoms with Gasteiger partial charge in [0.25, 0.3) is 11.5 Å². The van der Waals surface area contributed by atoms with E-state index < -0.39 is 17.2 Å². The van der Waals surface area contributed by atoms with Crippen molar-refractivity contribution in [3.8, 4) is 0 Å². The Morgan fingerprint density at radius 1 is 1.21 bits per heavy atom. The number of nitrogens with one attached hydrogen (secondary N) is 2. The van der Waals surface area contributed by atoms with Crippen molar-refractivity contribution in [2.24, 2.45) is 5.41 Å². The largest absolute Gasteiger partial charge is 0.465 e. The highest BCUT2D eigenvalue weighted by Crippen LogP contribution is 2.44. The number of H-pyrrole nitrogens is 1. The normalized spacial score (nSPS) is 22.5. The number of piperidine rings is 1. The standard InChI is InChI=1S/C32H44N6O5/c1-8-32(12-14-36(29(41)42)24(18-32)30(3,4)5)38-23-11-13-33-27(39)25(23)26(35-38)34-21-9-10-22(20(2)17-21)28(40)37-15-16-43-19-31(37,6)7/h9-11,13,17,24H,8,12,14-16,18-19H2,1-7H3,(H,33,39)(H,34,35)(H,41,42). The molecule has 4 heterocycles. The zero-order valence-corrected chi connectivity index (χ0v) is 26.3. The highest BCUT2D eigenvalue weighted by atomic mass is 16.5. The molecule has 2 aliphatic rings. The summed E-state index contributed by atoms with van der Waals surface area (Å²) in [6, 6.07) is 7.20. The second-order valence-electron chi connectivity index (χ2n) is 13.7. The number of carboxylic acid groups (broad SMARTS) is 1. The minimum absolute atomic E-state index is 0.0329. The number of anilines is 2. The summed E-state index contributed by atoms with van der Waals surface area (Å²) in [4.78, 5) is 45.0. The molecule has 11 nitrogen and oxygen atoms in total. The first-order valence-corrected chi connectivity index (χ1v) is 15.1. The molecule has 2 amide bonds. The summed E-state index contributed by atoms with van der Waals surface area (Å²) in [5, 5.41) is 18.8. The Hall–Kier alpha value is -3.86. The summed E-state index contributed by atoms with van der Waals surface area (Å²) in [5.74, 6) is 0.389. The van der Waals surface area contributed by atoms with Crippen molar-refractivity contribution in [1.82, 2.24) is 24.6 Å². The first kappa shape index (κ1) is 30.6. The molecule has 0 bridgehead atoms. The van der Waals surface area contributed by atoms with Crippen LogP contribution in [0.3, 0.4) is 0 Å². The molecule has 0 aliphatic carbocycles. The highest BCUT2D eigenvalue weighted by molar-refractivity contribution is 5.97. The van der Waals surface area contributed by atoms with Gasteiger partial charge in [-0.1, -0.05) is 27.7 Å². The fourth-order valence-electron chi connectivity index (χ4n) is 6.75. The van der Waals surface area contributed by atoms with E-state index in [4.69, 9.17) is 9.84 Å². The average molecular weight is 593 g/mol. The van der Waals surface area contributed by atoms with Crippen LogP contribution in [0.1, 0.15) is 76.7 Å². The lowest BCUT2D eigenvalue weighted by Crippen LogP contribution is -2.57. The number of ether oxygens (including phenoxy) is 1. The molecule has 0 radical (unpaired) electrons. The maximum atomic E-state index is 13.5.